The van der Waals surface area contributed by atoms with Crippen molar-refractivity contribution >= 4 is 28.9 Å². The SMILES string of the molecule is COc1ccccc1N1CCN(c2ccc(NC(=O)CC(C)CC(C)(C)C)cc2C(=O)NCCN2CCOCC2)CC1. The summed E-state index contributed by atoms with van der Waals surface area (Å²) in [6.07, 6.45) is 1.42. The van der Waals surface area contributed by atoms with E-state index in [0.29, 0.717) is 24.2 Å². The Labute approximate surface area is 251 Å². The number of para-hydroxylation sites is 2. The van der Waals surface area contributed by atoms with E-state index >= 15 is 0 Å². The lowest BCUT2D eigenvalue weighted by atomic mass is 9.84. The van der Waals surface area contributed by atoms with E-state index < -0.39 is 0 Å². The molecular weight excluding hydrogens is 530 g/mol. The Kier molecular flexibility index (Phi) is 11.1. The second-order valence-corrected chi connectivity index (χ2v) is 12.7. The van der Waals surface area contributed by atoms with Gasteiger partial charge in [-0.2, -0.15) is 0 Å². The zero-order valence-corrected chi connectivity index (χ0v) is 26.1. The maximum absolute atomic E-state index is 13.6. The van der Waals surface area contributed by atoms with Gasteiger partial charge in [-0.3, -0.25) is 14.5 Å². The van der Waals surface area contributed by atoms with Crippen LogP contribution in [0.2, 0.25) is 0 Å². The number of hydrogen-bond acceptors (Lipinski definition) is 7. The van der Waals surface area contributed by atoms with Crippen LogP contribution in [0.15, 0.2) is 42.5 Å². The van der Waals surface area contributed by atoms with Crippen LogP contribution in [-0.4, -0.2) is 89.4 Å². The molecule has 2 aliphatic rings. The number of hydrogen-bond donors (Lipinski definition) is 2. The predicted octanol–water partition coefficient (Wildman–Crippen LogP) is 4.48. The van der Waals surface area contributed by atoms with E-state index in [1.54, 1.807) is 7.11 Å². The standard InChI is InChI=1S/C33H49N5O4/c1-25(24-33(2,3)4)22-31(39)35-26-10-11-28(27(23-26)32(40)34-12-13-36-18-20-42-21-19-36)37-14-16-38(17-15-37)29-8-6-7-9-30(29)41-5/h6-11,23,25H,12-22,24H2,1-5H3,(H,34,40)(H,35,39). The van der Waals surface area contributed by atoms with Gasteiger partial charge in [-0.15, -0.1) is 0 Å². The first-order chi connectivity index (χ1) is 20.1. The fourth-order valence-corrected chi connectivity index (χ4v) is 6.04. The second-order valence-electron chi connectivity index (χ2n) is 12.7. The average Bonchev–Trinajstić information content (AvgIpc) is 2.96. The van der Waals surface area contributed by atoms with Crippen LogP contribution in [-0.2, 0) is 9.53 Å². The molecule has 0 bridgehead atoms. The zero-order valence-electron chi connectivity index (χ0n) is 26.1. The van der Waals surface area contributed by atoms with Crippen LogP contribution < -0.4 is 25.2 Å². The Morgan fingerprint density at radius 1 is 0.952 bits per heavy atom. The Morgan fingerprint density at radius 2 is 1.62 bits per heavy atom. The van der Waals surface area contributed by atoms with Crippen molar-refractivity contribution in [1.29, 1.82) is 0 Å². The molecule has 0 saturated carbocycles. The van der Waals surface area contributed by atoms with Gasteiger partial charge in [0.1, 0.15) is 5.75 Å². The zero-order chi connectivity index (χ0) is 30.1. The minimum absolute atomic E-state index is 0.0244. The Hall–Kier alpha value is -3.30. The molecule has 0 spiro atoms. The van der Waals surface area contributed by atoms with Gasteiger partial charge < -0.3 is 29.9 Å². The van der Waals surface area contributed by atoms with Crippen molar-refractivity contribution in [2.75, 3.05) is 87.8 Å². The summed E-state index contributed by atoms with van der Waals surface area (Å²) in [5, 5.41) is 6.18. The van der Waals surface area contributed by atoms with Crippen molar-refractivity contribution in [3.05, 3.63) is 48.0 Å². The summed E-state index contributed by atoms with van der Waals surface area (Å²) in [6.45, 7) is 16.4. The van der Waals surface area contributed by atoms with Gasteiger partial charge in [-0.25, -0.2) is 0 Å². The van der Waals surface area contributed by atoms with Crippen molar-refractivity contribution in [3.8, 4) is 5.75 Å². The Bertz CT molecular complexity index is 1180. The molecule has 4 rings (SSSR count). The lowest BCUT2D eigenvalue weighted by Gasteiger charge is -2.38. The number of nitrogens with one attached hydrogen (secondary N) is 2. The number of anilines is 3. The molecule has 2 fully saturated rings. The number of carbonyl (C=O) groups excluding carboxylic acids is 2. The van der Waals surface area contributed by atoms with Gasteiger partial charge >= 0.3 is 0 Å². The van der Waals surface area contributed by atoms with Crippen LogP contribution in [0.5, 0.6) is 5.75 Å². The van der Waals surface area contributed by atoms with Crippen molar-refractivity contribution in [1.82, 2.24) is 10.2 Å². The lowest BCUT2D eigenvalue weighted by Crippen LogP contribution is -2.47. The first kappa shape index (κ1) is 31.6. The molecule has 2 aromatic rings. The van der Waals surface area contributed by atoms with Crippen molar-refractivity contribution in [2.45, 2.75) is 40.5 Å². The molecule has 9 heteroatoms. The summed E-state index contributed by atoms with van der Waals surface area (Å²) in [7, 11) is 1.70. The minimum atomic E-state index is -0.123. The van der Waals surface area contributed by atoms with Gasteiger partial charge in [0.2, 0.25) is 5.91 Å². The number of nitrogens with zero attached hydrogens (tertiary/aromatic N) is 3. The van der Waals surface area contributed by atoms with Gasteiger partial charge in [0.25, 0.3) is 5.91 Å². The molecule has 1 unspecified atom stereocenters. The van der Waals surface area contributed by atoms with E-state index in [0.717, 1.165) is 82.6 Å². The Balaban J connectivity index is 1.46. The van der Waals surface area contributed by atoms with Crippen LogP contribution >= 0.6 is 0 Å². The third-order valence-electron chi connectivity index (χ3n) is 7.88. The topological polar surface area (TPSA) is 86.4 Å². The Morgan fingerprint density at radius 3 is 2.29 bits per heavy atom. The van der Waals surface area contributed by atoms with Crippen LogP contribution in [0.4, 0.5) is 17.1 Å². The van der Waals surface area contributed by atoms with Gasteiger partial charge in [-0.05, 0) is 48.1 Å². The monoisotopic (exact) mass is 579 g/mol. The lowest BCUT2D eigenvalue weighted by molar-refractivity contribution is -0.117. The van der Waals surface area contributed by atoms with Crippen molar-refractivity contribution in [2.24, 2.45) is 11.3 Å². The number of methoxy groups -OCH3 is 1. The molecule has 0 aliphatic carbocycles. The number of carbonyl (C=O) groups is 2. The van der Waals surface area contributed by atoms with Crippen molar-refractivity contribution < 1.29 is 19.1 Å². The van der Waals surface area contributed by atoms with E-state index in [4.69, 9.17) is 9.47 Å². The van der Waals surface area contributed by atoms with Crippen LogP contribution in [0.25, 0.3) is 0 Å². The predicted molar refractivity (Wildman–Crippen MR) is 170 cm³/mol. The highest BCUT2D eigenvalue weighted by Crippen LogP contribution is 2.31. The first-order valence-electron chi connectivity index (χ1n) is 15.3. The number of morpholine rings is 1. The molecule has 2 aliphatic heterocycles. The third-order valence-corrected chi connectivity index (χ3v) is 7.88. The maximum atomic E-state index is 13.6. The second kappa shape index (κ2) is 14.7. The average molecular weight is 580 g/mol. The fraction of sp³-hybridized carbons (Fsp3) is 0.576. The molecule has 0 aromatic heterocycles. The number of rotatable bonds is 11. The van der Waals surface area contributed by atoms with Crippen LogP contribution in [0.1, 0.15) is 50.9 Å². The highest BCUT2D eigenvalue weighted by atomic mass is 16.5. The minimum Gasteiger partial charge on any atom is -0.495 e. The molecule has 2 amide bonds. The van der Waals surface area contributed by atoms with Crippen LogP contribution in [0.3, 0.4) is 0 Å². The summed E-state index contributed by atoms with van der Waals surface area (Å²) in [6, 6.07) is 13.8. The highest BCUT2D eigenvalue weighted by Gasteiger charge is 2.24. The van der Waals surface area contributed by atoms with E-state index in [1.807, 2.05) is 36.4 Å². The van der Waals surface area contributed by atoms with Gasteiger partial charge in [0.15, 0.2) is 0 Å². The molecule has 1 atom stereocenters. The van der Waals surface area contributed by atoms with E-state index in [1.165, 1.54) is 0 Å². The fourth-order valence-electron chi connectivity index (χ4n) is 6.04. The van der Waals surface area contributed by atoms with Gasteiger partial charge in [-0.1, -0.05) is 39.8 Å². The number of piperazine rings is 1. The van der Waals surface area contributed by atoms with E-state index in [2.05, 4.69) is 59.1 Å². The van der Waals surface area contributed by atoms with Gasteiger partial charge in [0, 0.05) is 70.2 Å². The smallest absolute Gasteiger partial charge is 0.253 e. The quantitative estimate of drug-likeness (QED) is 0.406. The molecule has 2 aromatic carbocycles. The molecule has 2 heterocycles. The summed E-state index contributed by atoms with van der Waals surface area (Å²) in [5.41, 5.74) is 3.38. The molecule has 42 heavy (non-hydrogen) atoms. The third kappa shape index (κ3) is 9.10. The molecule has 2 saturated heterocycles. The summed E-state index contributed by atoms with van der Waals surface area (Å²) < 4.78 is 11.0. The molecule has 9 nitrogen and oxygen atoms in total. The molecular formula is C33H49N5O4. The highest BCUT2D eigenvalue weighted by molar-refractivity contribution is 6.02. The molecule has 230 valence electrons. The van der Waals surface area contributed by atoms with Gasteiger partial charge in [0.05, 0.1) is 31.6 Å². The number of amides is 2. The summed E-state index contributed by atoms with van der Waals surface area (Å²) in [4.78, 5) is 33.4. The molecule has 0 radical (unpaired) electrons. The first-order valence-corrected chi connectivity index (χ1v) is 15.3. The van der Waals surface area contributed by atoms with E-state index in [-0.39, 0.29) is 23.1 Å². The van der Waals surface area contributed by atoms with Crippen LogP contribution in [0, 0.1) is 11.3 Å². The van der Waals surface area contributed by atoms with E-state index in [9.17, 15) is 9.59 Å². The largest absolute Gasteiger partial charge is 0.495 e. The normalized spacial score (nSPS) is 17.1. The number of ether oxygens (including phenoxy) is 2. The van der Waals surface area contributed by atoms with Crippen molar-refractivity contribution in [3.63, 3.8) is 0 Å². The maximum Gasteiger partial charge on any atom is 0.253 e. The summed E-state index contributed by atoms with van der Waals surface area (Å²) in [5.74, 6) is 0.987. The molecule has 2 N–H and O–H groups in total. The summed E-state index contributed by atoms with van der Waals surface area (Å²) >= 11 is 0. The number of benzene rings is 2.